The van der Waals surface area contributed by atoms with Gasteiger partial charge < -0.3 is 9.84 Å². The Hall–Kier alpha value is -0.830. The molecule has 18 heavy (non-hydrogen) atoms. The molecule has 0 amide bonds. The normalized spacial score (nSPS) is 55.6. The van der Waals surface area contributed by atoms with Gasteiger partial charge in [0.25, 0.3) is 0 Å². The Morgan fingerprint density at radius 1 is 1.11 bits per heavy atom. The topological polar surface area (TPSA) is 46.5 Å². The smallest absolute Gasteiger partial charge is 0.330 e. The van der Waals surface area contributed by atoms with Gasteiger partial charge in [0.2, 0.25) is 0 Å². The van der Waals surface area contributed by atoms with Gasteiger partial charge in [0.15, 0.2) is 0 Å². The van der Waals surface area contributed by atoms with E-state index in [2.05, 4.69) is 6.58 Å². The van der Waals surface area contributed by atoms with Crippen LogP contribution in [-0.4, -0.2) is 23.3 Å². The Bertz CT molecular complexity index is 405. The van der Waals surface area contributed by atoms with E-state index >= 15 is 0 Å². The minimum Gasteiger partial charge on any atom is -0.459 e. The summed E-state index contributed by atoms with van der Waals surface area (Å²) in [5.41, 5.74) is 0. The molecular formula is C15H20O3. The van der Waals surface area contributed by atoms with Crippen molar-refractivity contribution < 1.29 is 14.6 Å². The number of carbonyl (C=O) groups is 1. The van der Waals surface area contributed by atoms with Gasteiger partial charge in [0.05, 0.1) is 6.10 Å². The number of carbonyl (C=O) groups excluding carboxylic acids is 1. The van der Waals surface area contributed by atoms with Crippen molar-refractivity contribution in [2.75, 3.05) is 0 Å². The summed E-state index contributed by atoms with van der Waals surface area (Å²) in [6.45, 7) is 3.47. The van der Waals surface area contributed by atoms with Crippen molar-refractivity contribution in [3.63, 3.8) is 0 Å². The van der Waals surface area contributed by atoms with E-state index in [1.807, 2.05) is 0 Å². The second kappa shape index (κ2) is 3.60. The van der Waals surface area contributed by atoms with Crippen LogP contribution in [-0.2, 0) is 9.53 Å². The van der Waals surface area contributed by atoms with Crippen molar-refractivity contribution in [1.82, 2.24) is 0 Å². The molecule has 0 aromatic heterocycles. The zero-order valence-electron chi connectivity index (χ0n) is 10.5. The molecule has 0 aliphatic heterocycles. The summed E-state index contributed by atoms with van der Waals surface area (Å²) >= 11 is 0. The Morgan fingerprint density at radius 2 is 1.83 bits per heavy atom. The second-order valence-corrected chi connectivity index (χ2v) is 6.70. The van der Waals surface area contributed by atoms with Gasteiger partial charge in [-0.15, -0.1) is 0 Å². The molecule has 3 heteroatoms. The standard InChI is InChI=1S/C15H20O3/c1-2-13(17)18-15-8-4-10-9-3-7(6-12(9)16)14(10)11(15)5-8/h2,7-12,14-16H,1,3-6H2. The SMILES string of the molecule is C=CC(=O)OC1C2CC3C4CC(CC4O)C3C1C2. The van der Waals surface area contributed by atoms with Crippen LogP contribution in [0, 0.1) is 35.5 Å². The molecule has 8 atom stereocenters. The first-order valence-electron chi connectivity index (χ1n) is 7.20. The number of hydrogen-bond donors (Lipinski definition) is 1. The minimum atomic E-state index is -0.267. The van der Waals surface area contributed by atoms with Gasteiger partial charge in [0.1, 0.15) is 6.10 Å². The monoisotopic (exact) mass is 248 g/mol. The molecule has 0 aromatic carbocycles. The lowest BCUT2D eigenvalue weighted by molar-refractivity contribution is -0.189. The van der Waals surface area contributed by atoms with E-state index in [4.69, 9.17) is 4.74 Å². The predicted molar refractivity (Wildman–Crippen MR) is 65.5 cm³/mol. The van der Waals surface area contributed by atoms with Crippen LogP contribution in [0.1, 0.15) is 25.7 Å². The predicted octanol–water partition coefficient (Wildman–Crippen LogP) is 1.76. The van der Waals surface area contributed by atoms with Crippen LogP contribution in [0.4, 0.5) is 0 Å². The number of hydrogen-bond acceptors (Lipinski definition) is 3. The van der Waals surface area contributed by atoms with Gasteiger partial charge in [-0.25, -0.2) is 4.79 Å². The molecule has 5 aliphatic rings. The molecule has 3 nitrogen and oxygen atoms in total. The molecule has 8 unspecified atom stereocenters. The highest BCUT2D eigenvalue weighted by Gasteiger charge is 2.64. The number of ether oxygens (including phenoxy) is 1. The van der Waals surface area contributed by atoms with E-state index < -0.39 is 0 Å². The third-order valence-electron chi connectivity index (χ3n) is 6.15. The molecule has 5 fully saturated rings. The largest absolute Gasteiger partial charge is 0.459 e. The molecule has 0 spiro atoms. The van der Waals surface area contributed by atoms with Gasteiger partial charge in [-0.05, 0) is 61.2 Å². The molecule has 98 valence electrons. The van der Waals surface area contributed by atoms with Gasteiger partial charge in [0, 0.05) is 6.08 Å². The third kappa shape index (κ3) is 1.26. The lowest BCUT2D eigenvalue weighted by atomic mass is 9.50. The van der Waals surface area contributed by atoms with Crippen molar-refractivity contribution in [2.45, 2.75) is 37.9 Å². The number of esters is 1. The Kier molecular flexibility index (Phi) is 2.20. The molecule has 0 heterocycles. The zero-order chi connectivity index (χ0) is 12.4. The molecule has 5 saturated carbocycles. The second-order valence-electron chi connectivity index (χ2n) is 6.70. The van der Waals surface area contributed by atoms with Crippen LogP contribution in [0.25, 0.3) is 0 Å². The first-order valence-corrected chi connectivity index (χ1v) is 7.20. The molecular weight excluding hydrogens is 228 g/mol. The Morgan fingerprint density at radius 3 is 2.61 bits per heavy atom. The van der Waals surface area contributed by atoms with E-state index in [-0.39, 0.29) is 18.2 Å². The quantitative estimate of drug-likeness (QED) is 0.598. The van der Waals surface area contributed by atoms with Gasteiger partial charge in [-0.2, -0.15) is 0 Å². The Labute approximate surface area is 107 Å². The maximum atomic E-state index is 11.4. The lowest BCUT2D eigenvalue weighted by Gasteiger charge is -2.57. The van der Waals surface area contributed by atoms with Gasteiger partial charge >= 0.3 is 5.97 Å². The van der Waals surface area contributed by atoms with E-state index in [1.165, 1.54) is 18.9 Å². The number of rotatable bonds is 2. The van der Waals surface area contributed by atoms with E-state index in [1.54, 1.807) is 0 Å². The molecule has 0 saturated heterocycles. The first kappa shape index (κ1) is 11.0. The first-order chi connectivity index (χ1) is 8.69. The van der Waals surface area contributed by atoms with Crippen LogP contribution in [0.5, 0.6) is 0 Å². The van der Waals surface area contributed by atoms with Gasteiger partial charge in [-0.3, -0.25) is 0 Å². The highest BCUT2D eigenvalue weighted by molar-refractivity contribution is 5.81. The van der Waals surface area contributed by atoms with Crippen LogP contribution in [0.15, 0.2) is 12.7 Å². The average Bonchev–Trinajstić information content (AvgIpc) is 2.92. The maximum absolute atomic E-state index is 11.4. The number of fused-ring (bicyclic) bond motifs is 2. The number of aliphatic hydroxyl groups is 1. The molecule has 5 rings (SSSR count). The fraction of sp³-hybridized carbons (Fsp3) is 0.800. The van der Waals surface area contributed by atoms with E-state index in [0.29, 0.717) is 35.5 Å². The lowest BCUT2D eigenvalue weighted by Crippen LogP contribution is -2.57. The highest BCUT2D eigenvalue weighted by Crippen LogP contribution is 2.66. The molecule has 1 N–H and O–H groups in total. The summed E-state index contributed by atoms with van der Waals surface area (Å²) in [7, 11) is 0. The van der Waals surface area contributed by atoms with Crippen molar-refractivity contribution in [3.05, 3.63) is 12.7 Å². The summed E-state index contributed by atoms with van der Waals surface area (Å²) in [6, 6.07) is 0. The van der Waals surface area contributed by atoms with Crippen LogP contribution in [0.2, 0.25) is 0 Å². The van der Waals surface area contributed by atoms with Crippen molar-refractivity contribution in [3.8, 4) is 0 Å². The molecule has 5 aliphatic carbocycles. The highest BCUT2D eigenvalue weighted by atomic mass is 16.5. The van der Waals surface area contributed by atoms with E-state index in [0.717, 1.165) is 12.8 Å². The summed E-state index contributed by atoms with van der Waals surface area (Å²) < 4.78 is 5.53. The van der Waals surface area contributed by atoms with Crippen molar-refractivity contribution in [2.24, 2.45) is 35.5 Å². The van der Waals surface area contributed by atoms with E-state index in [9.17, 15) is 9.90 Å². The fourth-order valence-corrected chi connectivity index (χ4v) is 5.59. The summed E-state index contributed by atoms with van der Waals surface area (Å²) in [4.78, 5) is 11.4. The average molecular weight is 248 g/mol. The van der Waals surface area contributed by atoms with Crippen molar-refractivity contribution in [1.29, 1.82) is 0 Å². The fourth-order valence-electron chi connectivity index (χ4n) is 5.59. The summed E-state index contributed by atoms with van der Waals surface area (Å²) in [6.07, 6.45) is 5.95. The summed E-state index contributed by atoms with van der Waals surface area (Å²) in [5, 5.41) is 10.0. The molecule has 4 bridgehead atoms. The molecule has 0 aromatic rings. The minimum absolute atomic E-state index is 0.0528. The van der Waals surface area contributed by atoms with Crippen molar-refractivity contribution >= 4 is 5.97 Å². The Balaban J connectivity index is 1.53. The number of aliphatic hydroxyl groups excluding tert-OH is 1. The third-order valence-corrected chi connectivity index (χ3v) is 6.15. The molecule has 0 radical (unpaired) electrons. The maximum Gasteiger partial charge on any atom is 0.330 e. The zero-order valence-corrected chi connectivity index (χ0v) is 10.5. The van der Waals surface area contributed by atoms with Crippen LogP contribution < -0.4 is 0 Å². The van der Waals surface area contributed by atoms with Gasteiger partial charge in [-0.1, -0.05) is 6.58 Å². The van der Waals surface area contributed by atoms with Crippen LogP contribution in [0.3, 0.4) is 0 Å². The summed E-state index contributed by atoms with van der Waals surface area (Å²) in [5.74, 6) is 3.50. The van der Waals surface area contributed by atoms with Crippen LogP contribution >= 0.6 is 0 Å².